The van der Waals surface area contributed by atoms with Gasteiger partial charge in [-0.15, -0.1) is 10.2 Å². The number of non-ortho nitro benzene ring substituents is 1. The molecular weight excluding hydrogens is 394 g/mol. The summed E-state index contributed by atoms with van der Waals surface area (Å²) in [5.74, 6) is 0.549. The molecule has 1 fully saturated rings. The zero-order chi connectivity index (χ0) is 21.8. The molecule has 0 atom stereocenters. The molecule has 0 bridgehead atoms. The van der Waals surface area contributed by atoms with Crippen molar-refractivity contribution in [2.24, 2.45) is 5.92 Å². The van der Waals surface area contributed by atoms with Crippen LogP contribution in [0.5, 0.6) is 0 Å². The van der Waals surface area contributed by atoms with E-state index in [-0.39, 0.29) is 17.5 Å². The predicted octanol–water partition coefficient (Wildman–Crippen LogP) is 4.22. The van der Waals surface area contributed by atoms with Crippen molar-refractivity contribution < 1.29 is 9.72 Å². The summed E-state index contributed by atoms with van der Waals surface area (Å²) in [4.78, 5) is 25.4. The third kappa shape index (κ3) is 4.69. The molecule has 2 aromatic carbocycles. The Hall–Kier alpha value is -3.81. The Kier molecular flexibility index (Phi) is 5.88. The van der Waals surface area contributed by atoms with Crippen molar-refractivity contribution >= 4 is 23.1 Å². The lowest BCUT2D eigenvalue weighted by Gasteiger charge is -2.32. The number of anilines is 2. The molecule has 0 aliphatic carbocycles. The molecule has 0 unspecified atom stereocenters. The largest absolute Gasteiger partial charge is 0.355 e. The lowest BCUT2D eigenvalue weighted by Crippen LogP contribution is -2.38. The molecule has 1 amide bonds. The van der Waals surface area contributed by atoms with Crippen LogP contribution in [0.15, 0.2) is 60.7 Å². The molecule has 1 aliphatic heterocycles. The summed E-state index contributed by atoms with van der Waals surface area (Å²) in [6, 6.07) is 18.3. The number of aromatic nitrogens is 2. The van der Waals surface area contributed by atoms with Crippen LogP contribution in [0.2, 0.25) is 0 Å². The molecule has 0 radical (unpaired) electrons. The summed E-state index contributed by atoms with van der Waals surface area (Å²) in [7, 11) is 0. The average molecular weight is 417 g/mol. The number of aryl methyl sites for hydroxylation is 1. The number of nitrogens with one attached hydrogen (secondary N) is 1. The maximum Gasteiger partial charge on any atom is 0.271 e. The minimum absolute atomic E-state index is 0.0340. The van der Waals surface area contributed by atoms with Crippen LogP contribution in [-0.4, -0.2) is 34.1 Å². The summed E-state index contributed by atoms with van der Waals surface area (Å²) in [5, 5.41) is 22.6. The van der Waals surface area contributed by atoms with Crippen LogP contribution in [-0.2, 0) is 4.79 Å². The Balaban J connectivity index is 1.36. The van der Waals surface area contributed by atoms with Gasteiger partial charge in [-0.25, -0.2) is 0 Å². The Morgan fingerprint density at radius 2 is 1.81 bits per heavy atom. The highest BCUT2D eigenvalue weighted by Gasteiger charge is 2.26. The average Bonchev–Trinajstić information content (AvgIpc) is 2.81. The van der Waals surface area contributed by atoms with Gasteiger partial charge in [0, 0.05) is 36.7 Å². The molecule has 2 heterocycles. The SMILES string of the molecule is Cc1ccc([N+](=O)[O-])cc1NC(=O)C1CCN(c2ccc(-c3ccccc3)nn2)CC1. The first-order valence-corrected chi connectivity index (χ1v) is 10.2. The van der Waals surface area contributed by atoms with Crippen molar-refractivity contribution in [2.45, 2.75) is 19.8 Å². The second-order valence-electron chi connectivity index (χ2n) is 7.65. The predicted molar refractivity (Wildman–Crippen MR) is 119 cm³/mol. The molecule has 1 saturated heterocycles. The van der Waals surface area contributed by atoms with E-state index in [0.29, 0.717) is 31.6 Å². The third-order valence-corrected chi connectivity index (χ3v) is 5.60. The van der Waals surface area contributed by atoms with Crippen molar-refractivity contribution in [3.05, 3.63) is 76.3 Å². The highest BCUT2D eigenvalue weighted by atomic mass is 16.6. The second-order valence-corrected chi connectivity index (χ2v) is 7.65. The normalized spacial score (nSPS) is 14.3. The molecule has 4 rings (SSSR count). The topological polar surface area (TPSA) is 101 Å². The van der Waals surface area contributed by atoms with E-state index in [1.54, 1.807) is 6.07 Å². The van der Waals surface area contributed by atoms with Gasteiger partial charge in [0.1, 0.15) is 0 Å². The summed E-state index contributed by atoms with van der Waals surface area (Å²) < 4.78 is 0. The van der Waals surface area contributed by atoms with Crippen LogP contribution < -0.4 is 10.2 Å². The first kappa shape index (κ1) is 20.5. The maximum absolute atomic E-state index is 12.7. The zero-order valence-corrected chi connectivity index (χ0v) is 17.2. The van der Waals surface area contributed by atoms with E-state index in [1.165, 1.54) is 12.1 Å². The Bertz CT molecular complexity index is 1080. The highest BCUT2D eigenvalue weighted by molar-refractivity contribution is 5.93. The molecule has 8 nitrogen and oxygen atoms in total. The van der Waals surface area contributed by atoms with Gasteiger partial charge in [0.05, 0.1) is 16.3 Å². The molecule has 1 aliphatic rings. The zero-order valence-electron chi connectivity index (χ0n) is 17.2. The number of nitro groups is 1. The van der Waals surface area contributed by atoms with Gasteiger partial charge in [0.2, 0.25) is 5.91 Å². The summed E-state index contributed by atoms with van der Waals surface area (Å²) in [6.45, 7) is 3.22. The second kappa shape index (κ2) is 8.91. The number of carbonyl (C=O) groups excluding carboxylic acids is 1. The first-order chi connectivity index (χ1) is 15.0. The molecule has 158 valence electrons. The van der Waals surface area contributed by atoms with E-state index in [2.05, 4.69) is 20.4 Å². The minimum atomic E-state index is -0.461. The Morgan fingerprint density at radius 1 is 1.06 bits per heavy atom. The van der Waals surface area contributed by atoms with E-state index in [9.17, 15) is 14.9 Å². The Morgan fingerprint density at radius 3 is 2.45 bits per heavy atom. The van der Waals surface area contributed by atoms with Gasteiger partial charge in [-0.3, -0.25) is 14.9 Å². The molecule has 31 heavy (non-hydrogen) atoms. The van der Waals surface area contributed by atoms with E-state index in [1.807, 2.05) is 49.4 Å². The van der Waals surface area contributed by atoms with Crippen LogP contribution in [0, 0.1) is 23.0 Å². The fourth-order valence-corrected chi connectivity index (χ4v) is 3.72. The third-order valence-electron chi connectivity index (χ3n) is 5.60. The van der Waals surface area contributed by atoms with Gasteiger partial charge in [0.15, 0.2) is 5.82 Å². The number of nitrogens with zero attached hydrogens (tertiary/aromatic N) is 4. The molecule has 8 heteroatoms. The van der Waals surface area contributed by atoms with Gasteiger partial charge in [0.25, 0.3) is 5.69 Å². The lowest BCUT2D eigenvalue weighted by molar-refractivity contribution is -0.384. The summed E-state index contributed by atoms with van der Waals surface area (Å²) >= 11 is 0. The lowest BCUT2D eigenvalue weighted by atomic mass is 9.95. The van der Waals surface area contributed by atoms with Crippen molar-refractivity contribution in [3.8, 4) is 11.3 Å². The number of nitro benzene ring substituents is 1. The number of amides is 1. The van der Waals surface area contributed by atoms with Crippen LogP contribution >= 0.6 is 0 Å². The van der Waals surface area contributed by atoms with Crippen LogP contribution in [0.1, 0.15) is 18.4 Å². The molecular formula is C23H23N5O3. The molecule has 3 aromatic rings. The number of carbonyl (C=O) groups is 1. The van der Waals surface area contributed by atoms with Crippen molar-refractivity contribution in [2.75, 3.05) is 23.3 Å². The van der Waals surface area contributed by atoms with Crippen molar-refractivity contribution in [3.63, 3.8) is 0 Å². The van der Waals surface area contributed by atoms with Gasteiger partial charge in [-0.1, -0.05) is 36.4 Å². The van der Waals surface area contributed by atoms with Crippen LogP contribution in [0.25, 0.3) is 11.3 Å². The summed E-state index contributed by atoms with van der Waals surface area (Å²) in [6.07, 6.45) is 1.36. The molecule has 1 aromatic heterocycles. The minimum Gasteiger partial charge on any atom is -0.355 e. The number of hydrogen-bond donors (Lipinski definition) is 1. The number of benzene rings is 2. The number of piperidine rings is 1. The molecule has 0 saturated carbocycles. The van der Waals surface area contributed by atoms with E-state index >= 15 is 0 Å². The fourth-order valence-electron chi connectivity index (χ4n) is 3.72. The van der Waals surface area contributed by atoms with Gasteiger partial charge in [-0.2, -0.15) is 0 Å². The molecule has 0 spiro atoms. The smallest absolute Gasteiger partial charge is 0.271 e. The van der Waals surface area contributed by atoms with Crippen molar-refractivity contribution in [1.82, 2.24) is 10.2 Å². The van der Waals surface area contributed by atoms with Crippen molar-refractivity contribution in [1.29, 1.82) is 0 Å². The van der Waals surface area contributed by atoms with Gasteiger partial charge in [-0.05, 0) is 37.5 Å². The van der Waals surface area contributed by atoms with E-state index in [0.717, 1.165) is 22.6 Å². The summed E-state index contributed by atoms with van der Waals surface area (Å²) in [5.41, 5.74) is 3.10. The first-order valence-electron chi connectivity index (χ1n) is 10.2. The standard InChI is InChI=1S/C23H23N5O3/c1-16-7-8-19(28(30)31)15-21(16)24-23(29)18-11-13-27(14-12-18)22-10-9-20(25-26-22)17-5-3-2-4-6-17/h2-10,15,18H,11-14H2,1H3,(H,24,29). The Labute approximate surface area is 180 Å². The fraction of sp³-hybridized carbons (Fsp3) is 0.261. The van der Waals surface area contributed by atoms with E-state index < -0.39 is 4.92 Å². The monoisotopic (exact) mass is 417 g/mol. The van der Waals surface area contributed by atoms with Crippen LogP contribution in [0.3, 0.4) is 0 Å². The maximum atomic E-state index is 12.7. The van der Waals surface area contributed by atoms with Gasteiger partial charge < -0.3 is 10.2 Å². The highest BCUT2D eigenvalue weighted by Crippen LogP contribution is 2.26. The quantitative estimate of drug-likeness (QED) is 0.493. The molecule has 1 N–H and O–H groups in total. The number of rotatable bonds is 5. The van der Waals surface area contributed by atoms with Crippen LogP contribution in [0.4, 0.5) is 17.2 Å². The number of hydrogen-bond acceptors (Lipinski definition) is 6. The van der Waals surface area contributed by atoms with Gasteiger partial charge >= 0.3 is 0 Å². The van der Waals surface area contributed by atoms with E-state index in [4.69, 9.17) is 0 Å².